The Morgan fingerprint density at radius 3 is 2.00 bits per heavy atom. The van der Waals surface area contributed by atoms with E-state index >= 15 is 0 Å². The van der Waals surface area contributed by atoms with Gasteiger partial charge in [0.1, 0.15) is 0 Å². The molecule has 0 spiro atoms. The molecule has 0 rings (SSSR count). The zero-order valence-electron chi connectivity index (χ0n) is 8.07. The highest BCUT2D eigenvalue weighted by Crippen LogP contribution is 2.40. The van der Waals surface area contributed by atoms with Gasteiger partial charge in [0.15, 0.2) is 0 Å². The Morgan fingerprint density at radius 2 is 1.71 bits per heavy atom. The summed E-state index contributed by atoms with van der Waals surface area (Å²) in [5, 5.41) is 21.0. The van der Waals surface area contributed by atoms with Crippen LogP contribution in [0.15, 0.2) is 0 Å². The van der Waals surface area contributed by atoms with E-state index in [1.54, 1.807) is 13.8 Å². The first-order valence-corrected chi connectivity index (χ1v) is 6.52. The predicted molar refractivity (Wildman–Crippen MR) is 53.4 cm³/mol. The van der Waals surface area contributed by atoms with Crippen molar-refractivity contribution in [3.63, 3.8) is 0 Å². The molecule has 0 amide bonds. The summed E-state index contributed by atoms with van der Waals surface area (Å²) < 4.78 is -0.986. The second kappa shape index (κ2) is 6.19. The Labute approximate surface area is 90.9 Å². The molecule has 0 saturated carbocycles. The number of carboxylic acids is 2. The lowest BCUT2D eigenvalue weighted by molar-refractivity contribution is -0.309. The molecule has 0 N–H and O–H groups in total. The highest BCUT2D eigenvalue weighted by Gasteiger charge is 2.28. The van der Waals surface area contributed by atoms with Gasteiger partial charge in [-0.05, 0) is 12.8 Å². The molecule has 4 nitrogen and oxygen atoms in total. The Morgan fingerprint density at radius 1 is 1.21 bits per heavy atom. The third-order valence-corrected chi connectivity index (χ3v) is 5.11. The third kappa shape index (κ3) is 3.79. The maximum atomic E-state index is 10.9. The average molecular weight is 236 g/mol. The molecule has 0 heterocycles. The lowest BCUT2D eigenvalue weighted by Gasteiger charge is -2.31. The van der Waals surface area contributed by atoms with Crippen molar-refractivity contribution in [2.45, 2.75) is 31.4 Å². The Kier molecular flexibility index (Phi) is 6.03. The summed E-state index contributed by atoms with van der Waals surface area (Å²) in [5.41, 5.74) is 0. The SMILES string of the molecule is CCC(CC)(SSCC(=O)[O-])C(=O)[O-]. The Bertz CT molecular complexity index is 213. The van der Waals surface area contributed by atoms with Gasteiger partial charge in [-0.2, -0.15) is 0 Å². The maximum absolute atomic E-state index is 10.9. The first-order valence-electron chi connectivity index (χ1n) is 4.20. The molecule has 6 heteroatoms. The first kappa shape index (κ1) is 13.6. The van der Waals surface area contributed by atoms with Crippen LogP contribution in [-0.4, -0.2) is 22.4 Å². The van der Waals surface area contributed by atoms with Gasteiger partial charge in [0.2, 0.25) is 0 Å². The van der Waals surface area contributed by atoms with Gasteiger partial charge < -0.3 is 19.8 Å². The van der Waals surface area contributed by atoms with E-state index < -0.39 is 16.7 Å². The van der Waals surface area contributed by atoms with Crippen LogP contribution >= 0.6 is 21.6 Å². The number of aliphatic carboxylic acids is 2. The van der Waals surface area contributed by atoms with E-state index in [1.165, 1.54) is 0 Å². The van der Waals surface area contributed by atoms with E-state index in [-0.39, 0.29) is 5.75 Å². The van der Waals surface area contributed by atoms with Crippen molar-refractivity contribution in [3.8, 4) is 0 Å². The monoisotopic (exact) mass is 236 g/mol. The Hall–Kier alpha value is -0.360. The molecule has 0 aromatic carbocycles. The van der Waals surface area contributed by atoms with Crippen LogP contribution in [0.25, 0.3) is 0 Å². The Balaban J connectivity index is 4.22. The van der Waals surface area contributed by atoms with Gasteiger partial charge in [-0.1, -0.05) is 35.4 Å². The normalized spacial score (nSPS) is 11.3. The standard InChI is InChI=1S/C8H14O4S2/c1-3-8(4-2,7(11)12)14-13-5-6(9)10/h3-5H2,1-2H3,(H,9,10)(H,11,12)/p-2. The van der Waals surface area contributed by atoms with Crippen LogP contribution in [0.5, 0.6) is 0 Å². The van der Waals surface area contributed by atoms with Gasteiger partial charge in [-0.15, -0.1) is 0 Å². The molecule has 0 aliphatic heterocycles. The van der Waals surface area contributed by atoms with Crippen molar-refractivity contribution in [1.82, 2.24) is 0 Å². The number of hydrogen-bond donors (Lipinski definition) is 0. The number of carbonyl (C=O) groups is 2. The number of carbonyl (C=O) groups excluding carboxylic acids is 2. The maximum Gasteiger partial charge on any atom is 0.0651 e. The van der Waals surface area contributed by atoms with Crippen LogP contribution in [0, 0.1) is 0 Å². The predicted octanol–water partition coefficient (Wildman–Crippen LogP) is -0.574. The summed E-state index contributed by atoms with van der Waals surface area (Å²) in [4.78, 5) is 21.0. The van der Waals surface area contributed by atoms with Crippen LogP contribution in [0.4, 0.5) is 0 Å². The summed E-state index contributed by atoms with van der Waals surface area (Å²) in [6.45, 7) is 3.48. The van der Waals surface area contributed by atoms with E-state index in [0.29, 0.717) is 12.8 Å². The lowest BCUT2D eigenvalue weighted by atomic mass is 10.0. The molecule has 0 unspecified atom stereocenters. The quantitative estimate of drug-likeness (QED) is 0.550. The van der Waals surface area contributed by atoms with E-state index in [4.69, 9.17) is 0 Å². The number of rotatable bonds is 7. The zero-order valence-corrected chi connectivity index (χ0v) is 9.70. The van der Waals surface area contributed by atoms with Crippen LogP contribution < -0.4 is 10.2 Å². The van der Waals surface area contributed by atoms with E-state index in [2.05, 4.69) is 0 Å². The fourth-order valence-corrected chi connectivity index (χ4v) is 3.62. The fourth-order valence-electron chi connectivity index (χ4n) is 0.881. The van der Waals surface area contributed by atoms with E-state index in [1.807, 2.05) is 0 Å². The zero-order chi connectivity index (χ0) is 11.2. The molecule has 0 radical (unpaired) electrons. The van der Waals surface area contributed by atoms with Crippen LogP contribution in [0.1, 0.15) is 26.7 Å². The van der Waals surface area contributed by atoms with Crippen LogP contribution in [0.2, 0.25) is 0 Å². The molecule has 0 aliphatic rings. The minimum atomic E-state index is -1.19. The van der Waals surface area contributed by atoms with Gasteiger partial charge in [0, 0.05) is 5.75 Å². The smallest absolute Gasteiger partial charge is 0.0651 e. The molecule has 0 fully saturated rings. The molecule has 14 heavy (non-hydrogen) atoms. The van der Waals surface area contributed by atoms with Crippen LogP contribution in [0.3, 0.4) is 0 Å². The molecular formula is C8H12O4S2-2. The third-order valence-electron chi connectivity index (χ3n) is 1.91. The van der Waals surface area contributed by atoms with Crippen molar-refractivity contribution < 1.29 is 19.8 Å². The number of carboxylic acid groups (broad SMARTS) is 2. The van der Waals surface area contributed by atoms with Gasteiger partial charge >= 0.3 is 0 Å². The molecule has 0 aromatic heterocycles. The van der Waals surface area contributed by atoms with Gasteiger partial charge in [-0.3, -0.25) is 0 Å². The summed E-state index contributed by atoms with van der Waals surface area (Å²) in [7, 11) is 2.02. The summed E-state index contributed by atoms with van der Waals surface area (Å²) >= 11 is 0. The molecule has 0 bridgehead atoms. The molecular weight excluding hydrogens is 224 g/mol. The van der Waals surface area contributed by atoms with Crippen molar-refractivity contribution in [3.05, 3.63) is 0 Å². The number of hydrogen-bond acceptors (Lipinski definition) is 6. The fraction of sp³-hybridized carbons (Fsp3) is 0.750. The van der Waals surface area contributed by atoms with Crippen LogP contribution in [-0.2, 0) is 9.59 Å². The molecule has 0 atom stereocenters. The average Bonchev–Trinajstić information content (AvgIpc) is 2.12. The summed E-state index contributed by atoms with van der Waals surface area (Å²) in [5.74, 6) is -2.54. The van der Waals surface area contributed by atoms with E-state index in [9.17, 15) is 19.8 Å². The molecule has 0 aromatic rings. The van der Waals surface area contributed by atoms with Gasteiger partial charge in [0.05, 0.1) is 16.7 Å². The topological polar surface area (TPSA) is 80.3 Å². The summed E-state index contributed by atoms with van der Waals surface area (Å²) in [6.07, 6.45) is 0.826. The van der Waals surface area contributed by atoms with Crippen molar-refractivity contribution in [2.24, 2.45) is 0 Å². The minimum absolute atomic E-state index is 0.209. The van der Waals surface area contributed by atoms with Crippen molar-refractivity contribution in [1.29, 1.82) is 0 Å². The minimum Gasteiger partial charge on any atom is -0.549 e. The highest BCUT2D eigenvalue weighted by molar-refractivity contribution is 8.77. The largest absolute Gasteiger partial charge is 0.549 e. The molecule has 82 valence electrons. The summed E-state index contributed by atoms with van der Waals surface area (Å²) in [6, 6.07) is 0. The second-order valence-electron chi connectivity index (χ2n) is 2.71. The van der Waals surface area contributed by atoms with Gasteiger partial charge in [0.25, 0.3) is 0 Å². The van der Waals surface area contributed by atoms with E-state index in [0.717, 1.165) is 21.6 Å². The first-order chi connectivity index (χ1) is 6.48. The van der Waals surface area contributed by atoms with Crippen molar-refractivity contribution in [2.75, 3.05) is 5.75 Å². The molecule has 0 aliphatic carbocycles. The lowest BCUT2D eigenvalue weighted by Crippen LogP contribution is -2.44. The molecule has 0 saturated heterocycles. The highest BCUT2D eigenvalue weighted by atomic mass is 33.1. The van der Waals surface area contributed by atoms with Crippen molar-refractivity contribution >= 4 is 33.5 Å². The van der Waals surface area contributed by atoms with Gasteiger partial charge in [-0.25, -0.2) is 0 Å². The second-order valence-corrected chi connectivity index (χ2v) is 5.39.